The molecule has 1 spiro atoms. The Balaban J connectivity index is 2.02. The van der Waals surface area contributed by atoms with Crippen LogP contribution in [-0.4, -0.2) is 76.5 Å². The Labute approximate surface area is 179 Å². The first kappa shape index (κ1) is 22.4. The molecular formula is C23H37NO6. The molecule has 4 fully saturated rings. The highest BCUT2D eigenvalue weighted by Crippen LogP contribution is 2.70. The highest BCUT2D eigenvalue weighted by atomic mass is 16.7. The minimum absolute atomic E-state index is 0.0878. The first-order valence-electron chi connectivity index (χ1n) is 10.9. The van der Waals surface area contributed by atoms with Gasteiger partial charge in [0.05, 0.1) is 17.8 Å². The minimum atomic E-state index is -1.47. The van der Waals surface area contributed by atoms with Gasteiger partial charge in [-0.15, -0.1) is 6.58 Å². The van der Waals surface area contributed by atoms with Crippen molar-refractivity contribution in [3.05, 3.63) is 12.7 Å². The number of aliphatic hydroxyl groups is 2. The van der Waals surface area contributed by atoms with Crippen LogP contribution in [0.3, 0.4) is 0 Å². The summed E-state index contributed by atoms with van der Waals surface area (Å²) in [5.74, 6) is -0.537. The van der Waals surface area contributed by atoms with Crippen molar-refractivity contribution in [2.24, 2.45) is 16.7 Å². The van der Waals surface area contributed by atoms with Crippen LogP contribution in [0, 0.1) is 16.7 Å². The van der Waals surface area contributed by atoms with E-state index >= 15 is 0 Å². The van der Waals surface area contributed by atoms with E-state index in [1.807, 2.05) is 21.0 Å². The van der Waals surface area contributed by atoms with Gasteiger partial charge in [-0.05, 0) is 46.2 Å². The molecule has 0 aromatic carbocycles. The Hall–Kier alpha value is -0.830. The first-order chi connectivity index (χ1) is 13.7. The van der Waals surface area contributed by atoms with Crippen molar-refractivity contribution in [1.29, 1.82) is 0 Å². The fourth-order valence-corrected chi connectivity index (χ4v) is 7.34. The van der Waals surface area contributed by atoms with Crippen LogP contribution >= 0.6 is 0 Å². The Bertz CT molecular complexity index is 769. The van der Waals surface area contributed by atoms with Crippen molar-refractivity contribution in [2.75, 3.05) is 14.1 Å². The van der Waals surface area contributed by atoms with Gasteiger partial charge in [0.1, 0.15) is 11.7 Å². The maximum Gasteiger partial charge on any atom is 0.219 e. The van der Waals surface area contributed by atoms with Gasteiger partial charge in [0.25, 0.3) is 0 Å². The molecule has 7 heteroatoms. The highest BCUT2D eigenvalue weighted by molar-refractivity contribution is 5.93. The zero-order valence-corrected chi connectivity index (χ0v) is 19.3. The van der Waals surface area contributed by atoms with Crippen LogP contribution in [0.5, 0.6) is 0 Å². The van der Waals surface area contributed by atoms with Gasteiger partial charge in [-0.2, -0.15) is 0 Å². The number of Topliss-reactive ketones (excluding diaryl/α,β-unsaturated/α-hetero) is 1. The van der Waals surface area contributed by atoms with Crippen molar-refractivity contribution >= 4 is 5.78 Å². The molecule has 0 amide bonds. The third-order valence-electron chi connectivity index (χ3n) is 8.66. The maximum atomic E-state index is 14.1. The number of carbonyl (C=O) groups is 1. The molecule has 0 aromatic rings. The number of nitrogens with zero attached hydrogens (tertiary/aromatic N) is 1. The van der Waals surface area contributed by atoms with Gasteiger partial charge in [-0.3, -0.25) is 9.69 Å². The van der Waals surface area contributed by atoms with E-state index in [1.54, 1.807) is 24.8 Å². The van der Waals surface area contributed by atoms with Gasteiger partial charge >= 0.3 is 0 Å². The summed E-state index contributed by atoms with van der Waals surface area (Å²) in [6.07, 6.45) is -0.237. The zero-order valence-electron chi connectivity index (χ0n) is 19.3. The molecule has 2 aliphatic heterocycles. The maximum absolute atomic E-state index is 14.1. The predicted molar refractivity (Wildman–Crippen MR) is 111 cm³/mol. The van der Waals surface area contributed by atoms with Crippen LogP contribution in [0.15, 0.2) is 12.7 Å². The molecule has 9 atom stereocenters. The molecule has 4 aliphatic rings. The second-order valence-electron chi connectivity index (χ2n) is 11.2. The largest absolute Gasteiger partial charge is 0.390 e. The van der Waals surface area contributed by atoms with Gasteiger partial charge in [0, 0.05) is 17.8 Å². The van der Waals surface area contributed by atoms with Crippen LogP contribution in [0.4, 0.5) is 0 Å². The zero-order chi connectivity index (χ0) is 22.5. The lowest BCUT2D eigenvalue weighted by atomic mass is 9.39. The molecule has 0 aromatic heterocycles. The number of carbonyl (C=O) groups excluding carboxylic acids is 1. The summed E-state index contributed by atoms with van der Waals surface area (Å²) in [5, 5.41) is 22.9. The summed E-state index contributed by atoms with van der Waals surface area (Å²) in [7, 11) is 3.67. The van der Waals surface area contributed by atoms with Crippen LogP contribution < -0.4 is 0 Å². The number of ether oxygens (including phenoxy) is 3. The van der Waals surface area contributed by atoms with Crippen LogP contribution in [0.2, 0.25) is 0 Å². The van der Waals surface area contributed by atoms with Crippen LogP contribution in [0.1, 0.15) is 53.9 Å². The SMILES string of the molecule is C=C[C@@]1(C)CC(=O)[C@@]23OC(N(C)C)O[C@H]4CCC(C)(C)C([C@H](O)[C@H](O)[C@@]2(C)O1)[C@]43C. The summed E-state index contributed by atoms with van der Waals surface area (Å²) >= 11 is 0. The van der Waals surface area contributed by atoms with Gasteiger partial charge < -0.3 is 24.4 Å². The van der Waals surface area contributed by atoms with Gasteiger partial charge in [0.2, 0.25) is 6.41 Å². The predicted octanol–water partition coefficient (Wildman–Crippen LogP) is 1.86. The first-order valence-corrected chi connectivity index (χ1v) is 10.9. The monoisotopic (exact) mass is 423 g/mol. The standard InChI is InChI=1S/C23H37NO6/c1-9-20(4)12-13(25)23-21(5)14(28-18(29-23)24(7)8)10-11-19(2,3)16(21)15(26)17(27)22(23,6)30-20/h9,14-18,26-27H,1,10-12H2,2-8H3/t14-,15-,16?,17-,18?,20-,21-,22+,23-/m0/s1. The summed E-state index contributed by atoms with van der Waals surface area (Å²) in [4.78, 5) is 15.9. The van der Waals surface area contributed by atoms with E-state index in [9.17, 15) is 15.0 Å². The smallest absolute Gasteiger partial charge is 0.219 e. The number of hydrogen-bond acceptors (Lipinski definition) is 7. The van der Waals surface area contributed by atoms with Gasteiger partial charge in [-0.1, -0.05) is 26.8 Å². The Morgan fingerprint density at radius 1 is 1.17 bits per heavy atom. The Kier molecular flexibility index (Phi) is 4.74. The minimum Gasteiger partial charge on any atom is -0.390 e. The lowest BCUT2D eigenvalue weighted by molar-refractivity contribution is -0.456. The molecule has 170 valence electrons. The van der Waals surface area contributed by atoms with E-state index in [-0.39, 0.29) is 23.7 Å². The third-order valence-corrected chi connectivity index (χ3v) is 8.66. The molecule has 0 bridgehead atoms. The Morgan fingerprint density at radius 3 is 2.37 bits per heavy atom. The van der Waals surface area contributed by atoms with E-state index in [2.05, 4.69) is 20.4 Å². The quantitative estimate of drug-likeness (QED) is 0.656. The molecule has 30 heavy (non-hydrogen) atoms. The molecular weight excluding hydrogens is 386 g/mol. The molecule has 2 N–H and O–H groups in total. The average molecular weight is 424 g/mol. The summed E-state index contributed by atoms with van der Waals surface area (Å²) in [5.41, 5.74) is -5.11. The number of ketones is 1. The van der Waals surface area contributed by atoms with Crippen molar-refractivity contribution in [3.8, 4) is 0 Å². The normalized spacial score (nSPS) is 55.0. The van der Waals surface area contributed by atoms with E-state index in [4.69, 9.17) is 14.2 Å². The summed E-state index contributed by atoms with van der Waals surface area (Å²) in [6.45, 7) is 13.5. The highest BCUT2D eigenvalue weighted by Gasteiger charge is 2.83. The second kappa shape index (κ2) is 6.36. The van der Waals surface area contributed by atoms with Crippen molar-refractivity contribution in [3.63, 3.8) is 0 Å². The number of aliphatic hydroxyl groups excluding tert-OH is 2. The average Bonchev–Trinajstić information content (AvgIpc) is 2.63. The molecule has 4 rings (SSSR count). The van der Waals surface area contributed by atoms with Gasteiger partial charge in [-0.25, -0.2) is 0 Å². The molecule has 7 nitrogen and oxygen atoms in total. The van der Waals surface area contributed by atoms with Crippen molar-refractivity contribution < 1.29 is 29.2 Å². The lowest BCUT2D eigenvalue weighted by Crippen LogP contribution is -2.89. The lowest BCUT2D eigenvalue weighted by Gasteiger charge is -2.74. The van der Waals surface area contributed by atoms with Crippen molar-refractivity contribution in [2.45, 2.75) is 95.4 Å². The second-order valence-corrected chi connectivity index (χ2v) is 11.2. The molecule has 2 saturated carbocycles. The fourth-order valence-electron chi connectivity index (χ4n) is 7.34. The summed E-state index contributed by atoms with van der Waals surface area (Å²) in [6, 6.07) is 0. The summed E-state index contributed by atoms with van der Waals surface area (Å²) < 4.78 is 19.4. The number of hydrogen-bond donors (Lipinski definition) is 2. The molecule has 0 radical (unpaired) electrons. The molecule has 2 aliphatic carbocycles. The third kappa shape index (κ3) is 2.39. The molecule has 2 heterocycles. The topological polar surface area (TPSA) is 88.5 Å². The van der Waals surface area contributed by atoms with E-state index in [0.717, 1.165) is 12.8 Å². The Morgan fingerprint density at radius 2 is 1.80 bits per heavy atom. The van der Waals surface area contributed by atoms with Crippen LogP contribution in [-0.2, 0) is 19.0 Å². The van der Waals surface area contributed by atoms with E-state index < -0.39 is 46.8 Å². The van der Waals surface area contributed by atoms with Crippen LogP contribution in [0.25, 0.3) is 0 Å². The van der Waals surface area contributed by atoms with E-state index in [1.165, 1.54) is 0 Å². The van der Waals surface area contributed by atoms with Crippen molar-refractivity contribution in [1.82, 2.24) is 4.90 Å². The molecule has 2 saturated heterocycles. The van der Waals surface area contributed by atoms with Gasteiger partial charge in [0.15, 0.2) is 11.4 Å². The fraction of sp³-hybridized carbons (Fsp3) is 0.870. The van der Waals surface area contributed by atoms with E-state index in [0.29, 0.717) is 0 Å². The number of rotatable bonds is 2. The molecule has 2 unspecified atom stereocenters.